The van der Waals surface area contributed by atoms with Gasteiger partial charge in [-0.05, 0) is 6.92 Å². The molecule has 1 aliphatic heterocycles. The third-order valence-electron chi connectivity index (χ3n) is 1.10. The van der Waals surface area contributed by atoms with Crippen LogP contribution in [0.25, 0.3) is 0 Å². The zero-order valence-corrected chi connectivity index (χ0v) is 6.47. The summed E-state index contributed by atoms with van der Waals surface area (Å²) in [5.41, 5.74) is 0. The average molecular weight is 150 g/mol. The van der Waals surface area contributed by atoms with E-state index in [-0.39, 0.29) is 0 Å². The van der Waals surface area contributed by atoms with Crippen LogP contribution in [0.15, 0.2) is 0 Å². The Labute approximate surface area is 58.2 Å². The Morgan fingerprint density at radius 3 is 2.75 bits per heavy atom. The van der Waals surface area contributed by atoms with Crippen molar-refractivity contribution < 1.29 is 5.11 Å². The van der Waals surface area contributed by atoms with Crippen LogP contribution in [0.1, 0.15) is 6.92 Å². The van der Waals surface area contributed by atoms with E-state index < -0.39 is 0 Å². The molecule has 48 valence electrons. The van der Waals surface area contributed by atoms with Crippen molar-refractivity contribution in [1.82, 2.24) is 0 Å². The number of aliphatic hydroxyl groups is 1. The van der Waals surface area contributed by atoms with Gasteiger partial charge in [0.25, 0.3) is 0 Å². The maximum atomic E-state index is 8.65. The van der Waals surface area contributed by atoms with E-state index in [0.29, 0.717) is 16.4 Å². The van der Waals surface area contributed by atoms with Crippen LogP contribution in [0.5, 0.6) is 0 Å². The summed E-state index contributed by atoms with van der Waals surface area (Å²) in [7, 11) is 0. The number of hydrogen-bond donors (Lipinski definition) is 1. The van der Waals surface area contributed by atoms with Gasteiger partial charge in [-0.15, -0.1) is 23.5 Å². The fraction of sp³-hybridized carbons (Fsp3) is 1.00. The molecule has 0 spiro atoms. The summed E-state index contributed by atoms with van der Waals surface area (Å²) in [6.07, 6.45) is 0. The zero-order valence-electron chi connectivity index (χ0n) is 4.83. The van der Waals surface area contributed by atoms with Gasteiger partial charge in [-0.1, -0.05) is 0 Å². The average Bonchev–Trinajstić information content (AvgIpc) is 2.14. The highest BCUT2D eigenvalue weighted by atomic mass is 32.2. The monoisotopic (exact) mass is 150 g/mol. The van der Waals surface area contributed by atoms with Crippen LogP contribution >= 0.6 is 23.5 Å². The van der Waals surface area contributed by atoms with Crippen molar-refractivity contribution in [3.8, 4) is 0 Å². The lowest BCUT2D eigenvalue weighted by Crippen LogP contribution is -2.05. The molecule has 0 saturated carbocycles. The van der Waals surface area contributed by atoms with Gasteiger partial charge in [-0.2, -0.15) is 0 Å². The Kier molecular flexibility index (Phi) is 2.53. The molecule has 1 rings (SSSR count). The summed E-state index contributed by atoms with van der Waals surface area (Å²) in [5.74, 6) is 1.13. The molecule has 0 aromatic rings. The highest BCUT2D eigenvalue weighted by molar-refractivity contribution is 8.20. The molecule has 1 N–H and O–H groups in total. The molecule has 1 aliphatic rings. The van der Waals surface area contributed by atoms with E-state index in [9.17, 15) is 0 Å². The third kappa shape index (κ3) is 1.57. The van der Waals surface area contributed by atoms with Crippen LogP contribution in [0.4, 0.5) is 0 Å². The van der Waals surface area contributed by atoms with Crippen molar-refractivity contribution in [3.05, 3.63) is 0 Å². The van der Waals surface area contributed by atoms with Gasteiger partial charge in [0.2, 0.25) is 0 Å². The van der Waals surface area contributed by atoms with Gasteiger partial charge in [0, 0.05) is 15.6 Å². The minimum absolute atomic E-state index is 0.349. The first-order valence-corrected chi connectivity index (χ1v) is 4.70. The predicted octanol–water partition coefficient (Wildman–Crippen LogP) is 1.17. The van der Waals surface area contributed by atoms with Crippen molar-refractivity contribution in [2.75, 3.05) is 12.4 Å². The number of thioether (sulfide) groups is 2. The van der Waals surface area contributed by atoms with E-state index >= 15 is 0 Å². The van der Waals surface area contributed by atoms with E-state index in [1.807, 2.05) is 23.5 Å². The Bertz CT molecular complexity index is 76.8. The fourth-order valence-electron chi connectivity index (χ4n) is 0.688. The van der Waals surface area contributed by atoms with Crippen molar-refractivity contribution in [3.63, 3.8) is 0 Å². The Morgan fingerprint density at radius 2 is 2.50 bits per heavy atom. The SMILES string of the molecule is CC1SCC(CO)S1. The van der Waals surface area contributed by atoms with E-state index in [0.717, 1.165) is 5.75 Å². The fourth-order valence-corrected chi connectivity index (χ4v) is 3.48. The molecule has 2 atom stereocenters. The maximum Gasteiger partial charge on any atom is 0.0558 e. The standard InChI is InChI=1S/C5H10OS2/c1-4-7-3-5(2-6)8-4/h4-6H,2-3H2,1H3. The van der Waals surface area contributed by atoms with Crippen LogP contribution in [0.3, 0.4) is 0 Å². The van der Waals surface area contributed by atoms with Crippen molar-refractivity contribution in [1.29, 1.82) is 0 Å². The van der Waals surface area contributed by atoms with E-state index in [1.165, 1.54) is 0 Å². The number of rotatable bonds is 1. The van der Waals surface area contributed by atoms with Gasteiger partial charge in [0.05, 0.1) is 6.61 Å². The van der Waals surface area contributed by atoms with Crippen molar-refractivity contribution >= 4 is 23.5 Å². The molecule has 1 nitrogen and oxygen atoms in total. The van der Waals surface area contributed by atoms with Crippen molar-refractivity contribution in [2.45, 2.75) is 16.8 Å². The zero-order chi connectivity index (χ0) is 5.98. The summed E-state index contributed by atoms with van der Waals surface area (Å²) in [6.45, 7) is 2.53. The van der Waals surface area contributed by atoms with Gasteiger partial charge in [0.15, 0.2) is 0 Å². The first kappa shape index (κ1) is 6.78. The molecule has 0 radical (unpaired) electrons. The van der Waals surface area contributed by atoms with Crippen LogP contribution in [0.2, 0.25) is 0 Å². The lowest BCUT2D eigenvalue weighted by molar-refractivity contribution is 0.301. The highest BCUT2D eigenvalue weighted by Gasteiger charge is 2.20. The largest absolute Gasteiger partial charge is 0.395 e. The van der Waals surface area contributed by atoms with Crippen molar-refractivity contribution in [2.24, 2.45) is 0 Å². The van der Waals surface area contributed by atoms with Gasteiger partial charge >= 0.3 is 0 Å². The van der Waals surface area contributed by atoms with Gasteiger partial charge in [-0.25, -0.2) is 0 Å². The molecular formula is C5H10OS2. The first-order chi connectivity index (χ1) is 3.83. The summed E-state index contributed by atoms with van der Waals surface area (Å²) in [4.78, 5) is 0. The normalized spacial score (nSPS) is 38.2. The Hall–Kier alpha value is 0.660. The number of hydrogen-bond acceptors (Lipinski definition) is 3. The molecule has 8 heavy (non-hydrogen) atoms. The molecular weight excluding hydrogens is 140 g/mol. The van der Waals surface area contributed by atoms with Gasteiger partial charge < -0.3 is 5.11 Å². The summed E-state index contributed by atoms with van der Waals surface area (Å²) >= 11 is 3.81. The number of aliphatic hydroxyl groups excluding tert-OH is 1. The Balaban J connectivity index is 2.22. The minimum Gasteiger partial charge on any atom is -0.395 e. The molecule has 2 unspecified atom stereocenters. The Morgan fingerprint density at radius 1 is 1.75 bits per heavy atom. The molecule has 0 aromatic heterocycles. The summed E-state index contributed by atoms with van der Waals surface area (Å²) in [6, 6.07) is 0. The molecule has 1 fully saturated rings. The topological polar surface area (TPSA) is 20.2 Å². The van der Waals surface area contributed by atoms with E-state index in [2.05, 4.69) is 6.92 Å². The van der Waals surface area contributed by atoms with Crippen LogP contribution in [-0.4, -0.2) is 27.3 Å². The third-order valence-corrected chi connectivity index (χ3v) is 4.21. The van der Waals surface area contributed by atoms with Gasteiger partial charge in [-0.3, -0.25) is 0 Å². The second kappa shape index (κ2) is 2.99. The molecule has 0 aromatic carbocycles. The molecule has 1 saturated heterocycles. The highest BCUT2D eigenvalue weighted by Crippen LogP contribution is 2.36. The molecule has 0 aliphatic carbocycles. The summed E-state index contributed by atoms with van der Waals surface area (Å²) in [5, 5.41) is 9.16. The second-order valence-electron chi connectivity index (χ2n) is 1.84. The molecule has 0 bridgehead atoms. The van der Waals surface area contributed by atoms with Crippen LogP contribution in [-0.2, 0) is 0 Å². The lowest BCUT2D eigenvalue weighted by Gasteiger charge is -2.00. The molecule has 1 heterocycles. The molecule has 0 amide bonds. The molecule has 3 heteroatoms. The smallest absolute Gasteiger partial charge is 0.0558 e. The van der Waals surface area contributed by atoms with E-state index in [1.54, 1.807) is 0 Å². The van der Waals surface area contributed by atoms with Crippen LogP contribution < -0.4 is 0 Å². The van der Waals surface area contributed by atoms with Crippen LogP contribution in [0, 0.1) is 0 Å². The summed E-state index contributed by atoms with van der Waals surface area (Å²) < 4.78 is 0.701. The minimum atomic E-state index is 0.349. The second-order valence-corrected chi connectivity index (χ2v) is 5.16. The maximum absolute atomic E-state index is 8.65. The van der Waals surface area contributed by atoms with Gasteiger partial charge in [0.1, 0.15) is 0 Å². The lowest BCUT2D eigenvalue weighted by atomic mass is 10.5. The predicted molar refractivity (Wildman–Crippen MR) is 40.4 cm³/mol. The first-order valence-electron chi connectivity index (χ1n) is 2.71. The van der Waals surface area contributed by atoms with E-state index in [4.69, 9.17) is 5.11 Å². The quantitative estimate of drug-likeness (QED) is 0.606.